The van der Waals surface area contributed by atoms with Crippen LogP contribution in [0.5, 0.6) is 5.75 Å². The van der Waals surface area contributed by atoms with Gasteiger partial charge in [0, 0.05) is 6.20 Å². The molecule has 3 rings (SSSR count). The van der Waals surface area contributed by atoms with Gasteiger partial charge < -0.3 is 25.2 Å². The molecule has 146 valence electrons. The highest BCUT2D eigenvalue weighted by molar-refractivity contribution is 7.47. The molecule has 2 heterocycles. The minimum absolute atomic E-state index is 0.0107. The predicted octanol–water partition coefficient (Wildman–Crippen LogP) is -0.359. The lowest BCUT2D eigenvalue weighted by atomic mass is 10.1. The molecule has 1 aliphatic heterocycles. The monoisotopic (exact) mass is 399 g/mol. The lowest BCUT2D eigenvalue weighted by Gasteiger charge is -2.18. The third kappa shape index (κ3) is 4.53. The van der Waals surface area contributed by atoms with Crippen LogP contribution in [0.2, 0.25) is 0 Å². The molecule has 0 aliphatic carbocycles. The Balaban J connectivity index is 1.65. The van der Waals surface area contributed by atoms with Gasteiger partial charge in [0.1, 0.15) is 29.9 Å². The SMILES string of the molecule is Nc1ccn([C@@H]2O[C@H](COP(=O)(O)Oc3ccccc3)[C@@H](O)[C@@H]2O)c(=O)n1. The van der Waals surface area contributed by atoms with E-state index in [1.165, 1.54) is 24.4 Å². The Hall–Kier alpha value is -2.27. The largest absolute Gasteiger partial charge is 0.527 e. The molecule has 27 heavy (non-hydrogen) atoms. The number of ether oxygens (including phenoxy) is 1. The van der Waals surface area contributed by atoms with Gasteiger partial charge in [0.05, 0.1) is 6.61 Å². The highest BCUT2D eigenvalue weighted by Crippen LogP contribution is 2.44. The van der Waals surface area contributed by atoms with Crippen LogP contribution in [0.1, 0.15) is 6.23 Å². The number of phosphoric acid groups is 1. The van der Waals surface area contributed by atoms with Crippen molar-refractivity contribution in [2.45, 2.75) is 24.5 Å². The highest BCUT2D eigenvalue weighted by Gasteiger charge is 2.45. The fourth-order valence-corrected chi connectivity index (χ4v) is 3.30. The summed E-state index contributed by atoms with van der Waals surface area (Å²) in [5.74, 6) is 0.108. The summed E-state index contributed by atoms with van der Waals surface area (Å²) in [5, 5.41) is 20.2. The van der Waals surface area contributed by atoms with Crippen LogP contribution >= 0.6 is 7.82 Å². The summed E-state index contributed by atoms with van der Waals surface area (Å²) >= 11 is 0. The van der Waals surface area contributed by atoms with Crippen molar-refractivity contribution in [3.05, 3.63) is 53.1 Å². The molecule has 0 amide bonds. The highest BCUT2D eigenvalue weighted by atomic mass is 31.2. The molecule has 2 aromatic rings. The summed E-state index contributed by atoms with van der Waals surface area (Å²) in [7, 11) is -4.49. The number of aromatic nitrogens is 2. The van der Waals surface area contributed by atoms with Crippen molar-refractivity contribution >= 4 is 13.6 Å². The van der Waals surface area contributed by atoms with Crippen molar-refractivity contribution in [1.29, 1.82) is 0 Å². The number of hydrogen-bond acceptors (Lipinski definition) is 9. The second-order valence-corrected chi connectivity index (χ2v) is 7.14. The van der Waals surface area contributed by atoms with E-state index in [1.54, 1.807) is 18.2 Å². The van der Waals surface area contributed by atoms with E-state index in [1.807, 2.05) is 0 Å². The number of rotatable bonds is 6. The molecular weight excluding hydrogens is 381 g/mol. The summed E-state index contributed by atoms with van der Waals surface area (Å²) in [6, 6.07) is 9.18. The summed E-state index contributed by atoms with van der Waals surface area (Å²) < 4.78 is 28.1. The van der Waals surface area contributed by atoms with Crippen molar-refractivity contribution in [3.8, 4) is 5.75 Å². The number of aliphatic hydroxyl groups is 2. The van der Waals surface area contributed by atoms with Gasteiger partial charge in [0.2, 0.25) is 0 Å². The second-order valence-electron chi connectivity index (χ2n) is 5.76. The van der Waals surface area contributed by atoms with Crippen LogP contribution in [0.15, 0.2) is 47.4 Å². The summed E-state index contributed by atoms with van der Waals surface area (Å²) in [6.07, 6.45) is -4.16. The maximum Gasteiger partial charge on any atom is 0.527 e. The van der Waals surface area contributed by atoms with Gasteiger partial charge >= 0.3 is 13.5 Å². The number of nitrogens with zero attached hydrogens (tertiary/aromatic N) is 2. The molecule has 0 saturated carbocycles. The van der Waals surface area contributed by atoms with E-state index in [4.69, 9.17) is 19.5 Å². The van der Waals surface area contributed by atoms with Gasteiger partial charge in [-0.2, -0.15) is 4.98 Å². The number of benzene rings is 1. The molecule has 1 fully saturated rings. The van der Waals surface area contributed by atoms with Crippen LogP contribution in [0.4, 0.5) is 5.82 Å². The number of nitrogens with two attached hydrogens (primary N) is 1. The van der Waals surface area contributed by atoms with Gasteiger partial charge in [-0.15, -0.1) is 0 Å². The molecule has 0 radical (unpaired) electrons. The Morgan fingerprint density at radius 1 is 1.22 bits per heavy atom. The Morgan fingerprint density at radius 3 is 2.59 bits per heavy atom. The van der Waals surface area contributed by atoms with Gasteiger partial charge in [-0.25, -0.2) is 9.36 Å². The summed E-state index contributed by atoms with van der Waals surface area (Å²) in [6.45, 7) is -0.563. The lowest BCUT2D eigenvalue weighted by molar-refractivity contribution is -0.0539. The van der Waals surface area contributed by atoms with Gasteiger partial charge in [-0.3, -0.25) is 14.0 Å². The topological polar surface area (TPSA) is 166 Å². The molecule has 0 spiro atoms. The first kappa shape index (κ1) is 19.5. The molecule has 5 atom stereocenters. The van der Waals surface area contributed by atoms with Crippen LogP contribution in [0.3, 0.4) is 0 Å². The van der Waals surface area contributed by atoms with E-state index in [2.05, 4.69) is 4.98 Å². The van der Waals surface area contributed by atoms with Crippen molar-refractivity contribution in [2.75, 3.05) is 12.3 Å². The summed E-state index contributed by atoms with van der Waals surface area (Å²) in [4.78, 5) is 25.2. The van der Waals surface area contributed by atoms with Gasteiger partial charge in [0.25, 0.3) is 0 Å². The van der Waals surface area contributed by atoms with Crippen LogP contribution in [0.25, 0.3) is 0 Å². The molecule has 12 heteroatoms. The molecule has 1 unspecified atom stereocenters. The third-order valence-corrected chi connectivity index (χ3v) is 4.75. The van der Waals surface area contributed by atoms with Gasteiger partial charge in [-0.05, 0) is 18.2 Å². The van der Waals surface area contributed by atoms with Crippen molar-refractivity contribution < 1.29 is 33.5 Å². The minimum Gasteiger partial charge on any atom is -0.404 e. The quantitative estimate of drug-likeness (QED) is 0.471. The van der Waals surface area contributed by atoms with Crippen LogP contribution in [-0.2, 0) is 13.8 Å². The Labute approximate surface area is 153 Å². The maximum atomic E-state index is 12.0. The molecule has 5 N–H and O–H groups in total. The molecule has 0 bridgehead atoms. The Bertz CT molecular complexity index is 892. The van der Waals surface area contributed by atoms with E-state index >= 15 is 0 Å². The Morgan fingerprint density at radius 2 is 1.93 bits per heavy atom. The van der Waals surface area contributed by atoms with Gasteiger partial charge in [-0.1, -0.05) is 18.2 Å². The number of nitrogen functional groups attached to an aromatic ring is 1. The Kier molecular flexibility index (Phi) is 5.61. The third-order valence-electron chi connectivity index (χ3n) is 3.83. The zero-order valence-corrected chi connectivity index (χ0v) is 14.8. The fourth-order valence-electron chi connectivity index (χ4n) is 2.52. The van der Waals surface area contributed by atoms with Crippen LogP contribution in [-0.4, -0.2) is 49.6 Å². The number of phosphoric ester groups is 1. The molecular formula is C15H18N3O8P. The number of hydrogen-bond donors (Lipinski definition) is 4. The van der Waals surface area contributed by atoms with Crippen LogP contribution in [0, 0.1) is 0 Å². The molecule has 1 aliphatic rings. The van der Waals surface area contributed by atoms with Crippen molar-refractivity contribution in [3.63, 3.8) is 0 Å². The maximum absolute atomic E-state index is 12.0. The molecule has 1 aromatic heterocycles. The van der Waals surface area contributed by atoms with E-state index in [-0.39, 0.29) is 11.6 Å². The fraction of sp³-hybridized carbons (Fsp3) is 0.333. The first-order valence-electron chi connectivity index (χ1n) is 7.85. The average Bonchev–Trinajstić information content (AvgIpc) is 2.89. The lowest BCUT2D eigenvalue weighted by Crippen LogP contribution is -2.36. The summed E-state index contributed by atoms with van der Waals surface area (Å²) in [5.41, 5.74) is 4.62. The normalized spacial score (nSPS) is 27.2. The van der Waals surface area contributed by atoms with Gasteiger partial charge in [0.15, 0.2) is 6.23 Å². The van der Waals surface area contributed by atoms with E-state index in [9.17, 15) is 24.5 Å². The predicted molar refractivity (Wildman–Crippen MR) is 91.7 cm³/mol. The first-order chi connectivity index (χ1) is 12.8. The standard InChI is InChI=1S/C15H18N3O8P/c16-11-6-7-18(15(21)17-11)14-13(20)12(19)10(25-14)8-24-27(22,23)26-9-4-2-1-3-5-9/h1-7,10,12-14,19-20H,8H2,(H,22,23)(H2,16,17,21)/t10-,12-,13+,14-/m1/s1. The minimum atomic E-state index is -4.49. The van der Waals surface area contributed by atoms with Crippen molar-refractivity contribution in [1.82, 2.24) is 9.55 Å². The second kappa shape index (κ2) is 7.77. The molecule has 1 aromatic carbocycles. The first-order valence-corrected chi connectivity index (χ1v) is 9.34. The van der Waals surface area contributed by atoms with E-state index in [0.29, 0.717) is 0 Å². The van der Waals surface area contributed by atoms with Crippen LogP contribution < -0.4 is 15.9 Å². The zero-order chi connectivity index (χ0) is 19.6. The van der Waals surface area contributed by atoms with E-state index < -0.39 is 44.7 Å². The molecule has 11 nitrogen and oxygen atoms in total. The number of para-hydroxylation sites is 1. The smallest absolute Gasteiger partial charge is 0.404 e. The molecule has 1 saturated heterocycles. The van der Waals surface area contributed by atoms with E-state index in [0.717, 1.165) is 4.57 Å². The average molecular weight is 399 g/mol. The number of aliphatic hydroxyl groups excluding tert-OH is 2. The zero-order valence-electron chi connectivity index (χ0n) is 13.9. The number of anilines is 1. The van der Waals surface area contributed by atoms with Crippen molar-refractivity contribution in [2.24, 2.45) is 0 Å².